The minimum atomic E-state index is -1.02. The molecule has 2 aromatic carbocycles. The number of carboxylic acid groups (broad SMARTS) is 1. The Labute approximate surface area is 193 Å². The van der Waals surface area contributed by atoms with Gasteiger partial charge in [0.1, 0.15) is 6.04 Å². The van der Waals surface area contributed by atoms with E-state index in [1.165, 1.54) is 12.1 Å². The lowest BCUT2D eigenvalue weighted by Gasteiger charge is -2.51. The molecule has 0 radical (unpaired) electrons. The van der Waals surface area contributed by atoms with Crippen LogP contribution in [0.4, 0.5) is 5.69 Å². The van der Waals surface area contributed by atoms with Crippen LogP contribution in [0.1, 0.15) is 53.2 Å². The Kier molecular flexibility index (Phi) is 5.66. The first-order chi connectivity index (χ1) is 16.0. The number of amides is 2. The van der Waals surface area contributed by atoms with E-state index in [4.69, 9.17) is 5.11 Å². The number of hydrogen-bond acceptors (Lipinski definition) is 4. The number of carbonyl (C=O) groups excluding carboxylic acids is 2. The molecule has 3 N–H and O–H groups in total. The Balaban J connectivity index is 1.36. The van der Waals surface area contributed by atoms with Gasteiger partial charge in [-0.3, -0.25) is 9.59 Å². The van der Waals surface area contributed by atoms with Gasteiger partial charge >= 0.3 is 5.97 Å². The van der Waals surface area contributed by atoms with E-state index in [1.807, 2.05) is 24.3 Å². The van der Waals surface area contributed by atoms with Crippen molar-refractivity contribution in [2.24, 2.45) is 11.3 Å². The van der Waals surface area contributed by atoms with Crippen molar-refractivity contribution in [3.05, 3.63) is 65.2 Å². The number of anilines is 1. The number of aromatic carboxylic acids is 1. The van der Waals surface area contributed by atoms with Crippen molar-refractivity contribution >= 4 is 23.5 Å². The minimum absolute atomic E-state index is 0.0153. The topological polar surface area (TPSA) is 98.7 Å². The summed E-state index contributed by atoms with van der Waals surface area (Å²) in [5.74, 6) is -1.22. The van der Waals surface area contributed by atoms with Gasteiger partial charge in [0.05, 0.1) is 5.56 Å². The highest BCUT2D eigenvalue weighted by atomic mass is 16.4. The fraction of sp³-hybridized carbons (Fsp3) is 0.423. The first-order valence-corrected chi connectivity index (χ1v) is 11.7. The number of piperidine rings is 1. The summed E-state index contributed by atoms with van der Waals surface area (Å²) in [5, 5.41) is 15.4. The predicted octanol–water partition coefficient (Wildman–Crippen LogP) is 3.23. The summed E-state index contributed by atoms with van der Waals surface area (Å²) in [7, 11) is 0. The van der Waals surface area contributed by atoms with E-state index in [1.54, 1.807) is 17.0 Å². The zero-order chi connectivity index (χ0) is 23.0. The summed E-state index contributed by atoms with van der Waals surface area (Å²) in [6.07, 6.45) is 4.81. The molecule has 2 aromatic rings. The molecule has 1 aliphatic carbocycles. The van der Waals surface area contributed by atoms with E-state index in [9.17, 15) is 14.4 Å². The second-order valence-corrected chi connectivity index (χ2v) is 9.61. The van der Waals surface area contributed by atoms with E-state index in [0.29, 0.717) is 17.6 Å². The molecule has 3 aliphatic rings. The molecule has 7 nitrogen and oxygen atoms in total. The average molecular weight is 448 g/mol. The maximum Gasteiger partial charge on any atom is 0.335 e. The number of carbonyl (C=O) groups is 3. The lowest BCUT2D eigenvalue weighted by atomic mass is 9.57. The highest BCUT2D eigenvalue weighted by molar-refractivity contribution is 5.99. The summed E-state index contributed by atoms with van der Waals surface area (Å²) in [6.45, 7) is 2.56. The van der Waals surface area contributed by atoms with Crippen LogP contribution in [0.5, 0.6) is 0 Å². The van der Waals surface area contributed by atoms with Crippen molar-refractivity contribution in [3.8, 4) is 0 Å². The summed E-state index contributed by atoms with van der Waals surface area (Å²) in [6, 6.07) is 13.2. The van der Waals surface area contributed by atoms with Crippen molar-refractivity contribution in [1.82, 2.24) is 10.2 Å². The highest BCUT2D eigenvalue weighted by Crippen LogP contribution is 2.52. The van der Waals surface area contributed by atoms with Crippen LogP contribution < -0.4 is 10.6 Å². The predicted molar refractivity (Wildman–Crippen MR) is 124 cm³/mol. The molecule has 5 rings (SSSR count). The lowest BCUT2D eigenvalue weighted by Crippen LogP contribution is -2.54. The summed E-state index contributed by atoms with van der Waals surface area (Å²) in [5.41, 5.74) is 2.92. The molecule has 1 saturated carbocycles. The van der Waals surface area contributed by atoms with Crippen LogP contribution in [-0.2, 0) is 16.0 Å². The maximum atomic E-state index is 13.6. The van der Waals surface area contributed by atoms with Crippen LogP contribution in [0.3, 0.4) is 0 Å². The Morgan fingerprint density at radius 2 is 1.70 bits per heavy atom. The largest absolute Gasteiger partial charge is 0.478 e. The number of rotatable bonds is 4. The second kappa shape index (κ2) is 8.63. The second-order valence-electron chi connectivity index (χ2n) is 9.61. The normalized spacial score (nSPS) is 21.7. The van der Waals surface area contributed by atoms with Crippen molar-refractivity contribution in [1.29, 1.82) is 0 Å². The minimum Gasteiger partial charge on any atom is -0.478 e. The molecule has 1 atom stereocenters. The van der Waals surface area contributed by atoms with Gasteiger partial charge in [0, 0.05) is 18.2 Å². The van der Waals surface area contributed by atoms with Crippen LogP contribution in [0.2, 0.25) is 0 Å². The van der Waals surface area contributed by atoms with Crippen LogP contribution in [0.25, 0.3) is 0 Å². The van der Waals surface area contributed by atoms with Crippen molar-refractivity contribution in [2.75, 3.05) is 25.0 Å². The van der Waals surface area contributed by atoms with E-state index in [-0.39, 0.29) is 23.3 Å². The molecule has 1 saturated heterocycles. The fourth-order valence-corrected chi connectivity index (χ4v) is 5.75. The SMILES string of the molecule is O=C(O)c1ccc(NC(=O)C2c3ccccc3CCN2C(=O)C2CC3(CCNCC3)C2)cc1. The fourth-order valence-electron chi connectivity index (χ4n) is 5.75. The quantitative estimate of drug-likeness (QED) is 0.668. The van der Waals surface area contributed by atoms with Gasteiger partial charge in [-0.05, 0) is 86.0 Å². The summed E-state index contributed by atoms with van der Waals surface area (Å²) >= 11 is 0. The highest BCUT2D eigenvalue weighted by Gasteiger charge is 2.50. The van der Waals surface area contributed by atoms with Gasteiger partial charge < -0.3 is 20.6 Å². The molecule has 2 aliphatic heterocycles. The van der Waals surface area contributed by atoms with Crippen molar-refractivity contribution in [3.63, 3.8) is 0 Å². The van der Waals surface area contributed by atoms with Crippen molar-refractivity contribution < 1.29 is 19.5 Å². The van der Waals surface area contributed by atoms with Gasteiger partial charge in [-0.2, -0.15) is 0 Å². The Hall–Kier alpha value is -3.19. The molecule has 1 unspecified atom stereocenters. The first kappa shape index (κ1) is 21.6. The number of benzene rings is 2. The van der Waals surface area contributed by atoms with Gasteiger partial charge in [-0.25, -0.2) is 4.79 Å². The molecule has 33 heavy (non-hydrogen) atoms. The maximum absolute atomic E-state index is 13.6. The standard InChI is InChI=1S/C26H29N3O4/c30-23(28-20-7-5-18(6-8-20)25(32)33)22-21-4-2-1-3-17(21)9-14-29(22)24(31)19-15-26(16-19)10-12-27-13-11-26/h1-8,19,22,27H,9-16H2,(H,28,30)(H,32,33). The molecule has 0 aromatic heterocycles. The van der Waals surface area contributed by atoms with Crippen LogP contribution in [-0.4, -0.2) is 47.4 Å². The molecule has 2 amide bonds. The molecular weight excluding hydrogens is 418 g/mol. The van der Waals surface area contributed by atoms with E-state index in [2.05, 4.69) is 10.6 Å². The zero-order valence-corrected chi connectivity index (χ0v) is 18.5. The molecule has 2 fully saturated rings. The van der Waals surface area contributed by atoms with Gasteiger partial charge in [-0.1, -0.05) is 24.3 Å². The summed E-state index contributed by atoms with van der Waals surface area (Å²) in [4.78, 5) is 39.9. The zero-order valence-electron chi connectivity index (χ0n) is 18.5. The van der Waals surface area contributed by atoms with Gasteiger partial charge in [-0.15, -0.1) is 0 Å². The van der Waals surface area contributed by atoms with E-state index < -0.39 is 12.0 Å². The van der Waals surface area contributed by atoms with E-state index >= 15 is 0 Å². The van der Waals surface area contributed by atoms with Crippen LogP contribution >= 0.6 is 0 Å². The van der Waals surface area contributed by atoms with Crippen LogP contribution in [0, 0.1) is 11.3 Å². The smallest absolute Gasteiger partial charge is 0.335 e. The third kappa shape index (κ3) is 4.13. The monoisotopic (exact) mass is 447 g/mol. The molecule has 0 bridgehead atoms. The molecule has 2 heterocycles. The number of hydrogen-bond donors (Lipinski definition) is 3. The molecule has 1 spiro atoms. The van der Waals surface area contributed by atoms with Crippen LogP contribution in [0.15, 0.2) is 48.5 Å². The molecule has 7 heteroatoms. The van der Waals surface area contributed by atoms with Gasteiger partial charge in [0.25, 0.3) is 5.91 Å². The third-order valence-corrected chi connectivity index (χ3v) is 7.59. The lowest BCUT2D eigenvalue weighted by molar-refractivity contribution is -0.150. The molecular formula is C26H29N3O4. The van der Waals surface area contributed by atoms with Gasteiger partial charge in [0.2, 0.25) is 5.91 Å². The number of carboxylic acids is 1. The molecule has 172 valence electrons. The Morgan fingerprint density at radius 1 is 1.00 bits per heavy atom. The van der Waals surface area contributed by atoms with Crippen molar-refractivity contribution in [2.45, 2.75) is 38.1 Å². The average Bonchev–Trinajstić information content (AvgIpc) is 2.82. The number of nitrogens with zero attached hydrogens (tertiary/aromatic N) is 1. The number of fused-ring (bicyclic) bond motifs is 1. The van der Waals surface area contributed by atoms with Gasteiger partial charge in [0.15, 0.2) is 0 Å². The first-order valence-electron chi connectivity index (χ1n) is 11.7. The summed E-state index contributed by atoms with van der Waals surface area (Å²) < 4.78 is 0. The number of nitrogens with one attached hydrogen (secondary N) is 2. The Morgan fingerprint density at radius 3 is 2.39 bits per heavy atom. The Bertz CT molecular complexity index is 1070. The van der Waals surface area contributed by atoms with E-state index in [0.717, 1.165) is 56.3 Å². The third-order valence-electron chi connectivity index (χ3n) is 7.59.